The third-order valence-corrected chi connectivity index (χ3v) is 2.37. The molecule has 0 aliphatic heterocycles. The van der Waals surface area contributed by atoms with E-state index in [2.05, 4.69) is 0 Å². The molecular formula is C11H14ClFO3. The number of rotatable bonds is 6. The van der Waals surface area contributed by atoms with Crippen molar-refractivity contribution < 1.29 is 19.0 Å². The molecule has 0 aliphatic carbocycles. The van der Waals surface area contributed by atoms with Crippen molar-refractivity contribution in [1.82, 2.24) is 0 Å². The van der Waals surface area contributed by atoms with Crippen LogP contribution in [0.3, 0.4) is 0 Å². The highest BCUT2D eigenvalue weighted by Gasteiger charge is 2.12. The first-order valence-corrected chi connectivity index (χ1v) is 5.22. The molecule has 90 valence electrons. The SMILES string of the molecule is COCCOCC(O)c1cc(F)ccc1Cl. The molecule has 5 heteroatoms. The van der Waals surface area contributed by atoms with E-state index in [1.54, 1.807) is 7.11 Å². The molecule has 1 atom stereocenters. The minimum Gasteiger partial charge on any atom is -0.386 e. The number of ether oxygens (including phenoxy) is 2. The van der Waals surface area contributed by atoms with Gasteiger partial charge in [-0.05, 0) is 18.2 Å². The average Bonchev–Trinajstić information content (AvgIpc) is 2.27. The highest BCUT2D eigenvalue weighted by molar-refractivity contribution is 6.31. The Morgan fingerprint density at radius 3 is 2.88 bits per heavy atom. The predicted octanol–water partition coefficient (Wildman–Crippen LogP) is 2.18. The van der Waals surface area contributed by atoms with Crippen LogP contribution in [0.2, 0.25) is 5.02 Å². The van der Waals surface area contributed by atoms with Gasteiger partial charge in [-0.1, -0.05) is 11.6 Å². The number of hydrogen-bond acceptors (Lipinski definition) is 3. The van der Waals surface area contributed by atoms with Crippen LogP contribution in [0.5, 0.6) is 0 Å². The zero-order chi connectivity index (χ0) is 12.0. The minimum atomic E-state index is -0.931. The summed E-state index contributed by atoms with van der Waals surface area (Å²) in [5.41, 5.74) is 0.332. The molecule has 1 aromatic carbocycles. The summed E-state index contributed by atoms with van der Waals surface area (Å²) in [4.78, 5) is 0. The van der Waals surface area contributed by atoms with Gasteiger partial charge < -0.3 is 14.6 Å². The summed E-state index contributed by atoms with van der Waals surface area (Å²) in [6.45, 7) is 0.886. The van der Waals surface area contributed by atoms with Crippen LogP contribution in [0.15, 0.2) is 18.2 Å². The lowest BCUT2D eigenvalue weighted by Gasteiger charge is -2.13. The molecule has 0 heterocycles. The molecule has 1 rings (SSSR count). The molecule has 0 saturated carbocycles. The van der Waals surface area contributed by atoms with Crippen LogP contribution in [-0.4, -0.2) is 32.0 Å². The standard InChI is InChI=1S/C11H14ClFO3/c1-15-4-5-16-7-11(14)9-6-8(13)2-3-10(9)12/h2-3,6,11,14H,4-5,7H2,1H3. The van der Waals surface area contributed by atoms with Gasteiger partial charge in [0.2, 0.25) is 0 Å². The fourth-order valence-electron chi connectivity index (χ4n) is 1.20. The van der Waals surface area contributed by atoms with Crippen molar-refractivity contribution in [3.63, 3.8) is 0 Å². The molecule has 1 unspecified atom stereocenters. The predicted molar refractivity (Wildman–Crippen MR) is 59.1 cm³/mol. The summed E-state index contributed by atoms with van der Waals surface area (Å²) < 4.78 is 22.8. The highest BCUT2D eigenvalue weighted by atomic mass is 35.5. The Bertz CT molecular complexity index is 333. The molecule has 3 nitrogen and oxygen atoms in total. The van der Waals surface area contributed by atoms with Gasteiger partial charge in [0.15, 0.2) is 0 Å². The Hall–Kier alpha value is -0.680. The maximum Gasteiger partial charge on any atom is 0.123 e. The van der Waals surface area contributed by atoms with Crippen LogP contribution in [0, 0.1) is 5.82 Å². The Kier molecular flexibility index (Phi) is 5.69. The monoisotopic (exact) mass is 248 g/mol. The van der Waals surface area contributed by atoms with E-state index in [-0.39, 0.29) is 6.61 Å². The van der Waals surface area contributed by atoms with Gasteiger partial charge in [-0.2, -0.15) is 0 Å². The molecule has 0 fully saturated rings. The molecule has 16 heavy (non-hydrogen) atoms. The Labute approximate surface area is 98.7 Å². The van der Waals surface area contributed by atoms with Crippen molar-refractivity contribution in [2.45, 2.75) is 6.10 Å². The van der Waals surface area contributed by atoms with Crippen LogP contribution in [-0.2, 0) is 9.47 Å². The van der Waals surface area contributed by atoms with E-state index < -0.39 is 11.9 Å². The number of benzene rings is 1. The number of methoxy groups -OCH3 is 1. The van der Waals surface area contributed by atoms with E-state index >= 15 is 0 Å². The second-order valence-corrected chi connectivity index (χ2v) is 3.66. The first kappa shape index (κ1) is 13.4. The van der Waals surface area contributed by atoms with Crippen molar-refractivity contribution in [2.24, 2.45) is 0 Å². The molecule has 0 aromatic heterocycles. The van der Waals surface area contributed by atoms with Gasteiger partial charge in [0.25, 0.3) is 0 Å². The largest absolute Gasteiger partial charge is 0.386 e. The van der Waals surface area contributed by atoms with Crippen molar-refractivity contribution >= 4 is 11.6 Å². The van der Waals surface area contributed by atoms with Crippen LogP contribution in [0.4, 0.5) is 4.39 Å². The lowest BCUT2D eigenvalue weighted by molar-refractivity contribution is 0.0125. The van der Waals surface area contributed by atoms with Crippen LogP contribution in [0.1, 0.15) is 11.7 Å². The van der Waals surface area contributed by atoms with Gasteiger partial charge in [-0.3, -0.25) is 0 Å². The molecule has 1 N–H and O–H groups in total. The lowest BCUT2D eigenvalue weighted by Crippen LogP contribution is -2.11. The van der Waals surface area contributed by atoms with E-state index in [1.807, 2.05) is 0 Å². The first-order chi connectivity index (χ1) is 7.65. The van der Waals surface area contributed by atoms with Gasteiger partial charge in [-0.15, -0.1) is 0 Å². The van der Waals surface area contributed by atoms with Gasteiger partial charge in [0.1, 0.15) is 11.9 Å². The molecule has 0 radical (unpaired) electrons. The summed E-state index contributed by atoms with van der Waals surface area (Å²) in [6, 6.07) is 3.85. The first-order valence-electron chi connectivity index (χ1n) is 4.85. The van der Waals surface area contributed by atoms with Gasteiger partial charge in [-0.25, -0.2) is 4.39 Å². The van der Waals surface area contributed by atoms with Crippen LogP contribution in [0.25, 0.3) is 0 Å². The van der Waals surface area contributed by atoms with Crippen molar-refractivity contribution in [3.8, 4) is 0 Å². The molecule has 0 aliphatic rings. The fraction of sp³-hybridized carbons (Fsp3) is 0.455. The quantitative estimate of drug-likeness (QED) is 0.785. The maximum atomic E-state index is 12.9. The summed E-state index contributed by atoms with van der Waals surface area (Å²) in [5.74, 6) is -0.435. The smallest absolute Gasteiger partial charge is 0.123 e. The second kappa shape index (κ2) is 6.81. The molecular weight excluding hydrogens is 235 g/mol. The van der Waals surface area contributed by atoms with Crippen molar-refractivity contribution in [1.29, 1.82) is 0 Å². The topological polar surface area (TPSA) is 38.7 Å². The van der Waals surface area contributed by atoms with Crippen LogP contribution < -0.4 is 0 Å². The average molecular weight is 249 g/mol. The fourth-order valence-corrected chi connectivity index (χ4v) is 1.44. The van der Waals surface area contributed by atoms with Gasteiger partial charge in [0, 0.05) is 17.7 Å². The lowest BCUT2D eigenvalue weighted by atomic mass is 10.1. The number of aliphatic hydroxyl groups is 1. The Balaban J connectivity index is 2.51. The third-order valence-electron chi connectivity index (χ3n) is 2.02. The van der Waals surface area contributed by atoms with E-state index in [0.29, 0.717) is 23.8 Å². The Morgan fingerprint density at radius 1 is 1.44 bits per heavy atom. The summed E-state index contributed by atoms with van der Waals surface area (Å²) in [7, 11) is 1.56. The maximum absolute atomic E-state index is 12.9. The van der Waals surface area contributed by atoms with Gasteiger partial charge >= 0.3 is 0 Å². The number of aliphatic hydroxyl groups excluding tert-OH is 1. The molecule has 0 saturated heterocycles. The zero-order valence-electron chi connectivity index (χ0n) is 8.95. The van der Waals surface area contributed by atoms with E-state index in [4.69, 9.17) is 21.1 Å². The number of halogens is 2. The van der Waals surface area contributed by atoms with Crippen molar-refractivity contribution in [2.75, 3.05) is 26.9 Å². The molecule has 1 aromatic rings. The third kappa shape index (κ3) is 4.06. The van der Waals surface area contributed by atoms with E-state index in [1.165, 1.54) is 18.2 Å². The zero-order valence-corrected chi connectivity index (χ0v) is 9.71. The summed E-state index contributed by atoms with van der Waals surface area (Å²) in [6.07, 6.45) is -0.931. The number of hydrogen-bond donors (Lipinski definition) is 1. The molecule has 0 bridgehead atoms. The molecule has 0 amide bonds. The van der Waals surface area contributed by atoms with Gasteiger partial charge in [0.05, 0.1) is 19.8 Å². The minimum absolute atomic E-state index is 0.0620. The Morgan fingerprint density at radius 2 is 2.19 bits per heavy atom. The van der Waals surface area contributed by atoms with Crippen molar-refractivity contribution in [3.05, 3.63) is 34.6 Å². The molecule has 0 spiro atoms. The van der Waals surface area contributed by atoms with Crippen LogP contribution >= 0.6 is 11.6 Å². The second-order valence-electron chi connectivity index (χ2n) is 3.25. The normalized spacial score (nSPS) is 12.8. The van der Waals surface area contributed by atoms with E-state index in [0.717, 1.165) is 0 Å². The summed E-state index contributed by atoms with van der Waals surface area (Å²) >= 11 is 5.82. The highest BCUT2D eigenvalue weighted by Crippen LogP contribution is 2.23. The van der Waals surface area contributed by atoms with E-state index in [9.17, 15) is 9.50 Å². The summed E-state index contributed by atoms with van der Waals surface area (Å²) in [5, 5.41) is 10.0.